The van der Waals surface area contributed by atoms with Gasteiger partial charge in [0.1, 0.15) is 18.0 Å². The van der Waals surface area contributed by atoms with Crippen LogP contribution in [-0.4, -0.2) is 48.3 Å². The number of carbonyl (C=O) groups is 1. The maximum Gasteiger partial charge on any atom is 0.264 e. The first-order valence-corrected chi connectivity index (χ1v) is 13.7. The van der Waals surface area contributed by atoms with Crippen LogP contribution in [0.15, 0.2) is 71.6 Å². The van der Waals surface area contributed by atoms with E-state index in [1.165, 1.54) is 32.4 Å². The topological polar surface area (TPSA) is 103 Å². The molecule has 0 saturated heterocycles. The molecule has 0 aromatic heterocycles. The van der Waals surface area contributed by atoms with E-state index < -0.39 is 22.5 Å². The lowest BCUT2D eigenvalue weighted by atomic mass is 10.1. The first kappa shape index (κ1) is 28.6. The van der Waals surface area contributed by atoms with Crippen LogP contribution < -0.4 is 28.6 Å². The average Bonchev–Trinajstić information content (AvgIpc) is 2.92. The fraction of sp³-hybridized carbons (Fsp3) is 0.321. The van der Waals surface area contributed by atoms with Crippen LogP contribution in [0.5, 0.6) is 23.0 Å². The lowest BCUT2D eigenvalue weighted by Gasteiger charge is -2.25. The zero-order valence-electron chi connectivity index (χ0n) is 22.3. The fourth-order valence-corrected chi connectivity index (χ4v) is 5.25. The molecule has 1 amide bonds. The highest BCUT2D eigenvalue weighted by Crippen LogP contribution is 2.32. The third-order valence-electron chi connectivity index (χ3n) is 5.73. The summed E-state index contributed by atoms with van der Waals surface area (Å²) in [5, 5.41) is 2.89. The first-order valence-electron chi connectivity index (χ1n) is 12.2. The molecule has 1 N–H and O–H groups in total. The van der Waals surface area contributed by atoms with Crippen LogP contribution in [0.1, 0.15) is 32.4 Å². The van der Waals surface area contributed by atoms with Gasteiger partial charge >= 0.3 is 0 Å². The van der Waals surface area contributed by atoms with Crippen molar-refractivity contribution in [1.82, 2.24) is 5.32 Å². The van der Waals surface area contributed by atoms with Crippen molar-refractivity contribution in [3.63, 3.8) is 0 Å². The molecule has 204 valence electrons. The van der Waals surface area contributed by atoms with Gasteiger partial charge in [0.25, 0.3) is 10.0 Å². The molecule has 9 nitrogen and oxygen atoms in total. The van der Waals surface area contributed by atoms with E-state index in [9.17, 15) is 13.2 Å². The van der Waals surface area contributed by atoms with E-state index in [1.54, 1.807) is 24.3 Å². The molecule has 10 heteroatoms. The third kappa shape index (κ3) is 6.89. The highest BCUT2D eigenvalue weighted by atomic mass is 32.2. The Morgan fingerprint density at radius 2 is 1.39 bits per heavy atom. The SMILES string of the molecule is CCOc1ccc([C@@H](C)NC(=O)CN(c2ccc(OCC)cc2)S(=O)(=O)c2ccc(OC)c(OC)c2)cc1. The number of methoxy groups -OCH3 is 2. The molecule has 0 saturated carbocycles. The standard InChI is InChI=1S/C28H34N2O7S/c1-6-36-23-12-8-21(9-13-23)20(3)29-28(31)19-30(22-10-14-24(15-11-22)37-7-2)38(32,33)25-16-17-26(34-4)27(18-25)35-5/h8-18,20H,6-7,19H2,1-5H3,(H,29,31)/t20-/m1/s1. The van der Waals surface area contributed by atoms with Gasteiger partial charge in [-0.3, -0.25) is 9.10 Å². The number of sulfonamides is 1. The molecule has 0 radical (unpaired) electrons. The Balaban J connectivity index is 1.90. The quantitative estimate of drug-likeness (QED) is 0.337. The molecule has 0 aliphatic heterocycles. The van der Waals surface area contributed by atoms with E-state index in [-0.39, 0.29) is 16.7 Å². The van der Waals surface area contributed by atoms with E-state index in [0.717, 1.165) is 15.6 Å². The minimum Gasteiger partial charge on any atom is -0.494 e. The van der Waals surface area contributed by atoms with Crippen molar-refractivity contribution in [3.8, 4) is 23.0 Å². The summed E-state index contributed by atoms with van der Waals surface area (Å²) < 4.78 is 50.2. The second-order valence-electron chi connectivity index (χ2n) is 8.25. The summed E-state index contributed by atoms with van der Waals surface area (Å²) in [6, 6.07) is 17.9. The zero-order chi connectivity index (χ0) is 27.7. The van der Waals surface area contributed by atoms with Crippen molar-refractivity contribution < 1.29 is 32.2 Å². The number of hydrogen-bond donors (Lipinski definition) is 1. The van der Waals surface area contributed by atoms with Crippen LogP contribution in [0.25, 0.3) is 0 Å². The lowest BCUT2D eigenvalue weighted by molar-refractivity contribution is -0.120. The molecule has 0 heterocycles. The summed E-state index contributed by atoms with van der Waals surface area (Å²) in [4.78, 5) is 13.1. The third-order valence-corrected chi connectivity index (χ3v) is 7.50. The molecule has 1 atom stereocenters. The Labute approximate surface area is 224 Å². The predicted molar refractivity (Wildman–Crippen MR) is 146 cm³/mol. The smallest absolute Gasteiger partial charge is 0.264 e. The van der Waals surface area contributed by atoms with E-state index in [2.05, 4.69) is 5.32 Å². The maximum atomic E-state index is 13.8. The fourth-order valence-electron chi connectivity index (χ4n) is 3.81. The number of hydrogen-bond acceptors (Lipinski definition) is 7. The number of rotatable bonds is 13. The van der Waals surface area contributed by atoms with E-state index >= 15 is 0 Å². The highest BCUT2D eigenvalue weighted by Gasteiger charge is 2.29. The van der Waals surface area contributed by atoms with Crippen LogP contribution in [0.4, 0.5) is 5.69 Å². The molecule has 0 aliphatic rings. The Bertz CT molecular complexity index is 1310. The largest absolute Gasteiger partial charge is 0.494 e. The van der Waals surface area contributed by atoms with Crippen LogP contribution in [-0.2, 0) is 14.8 Å². The van der Waals surface area contributed by atoms with Gasteiger partial charge < -0.3 is 24.3 Å². The molecule has 3 aromatic carbocycles. The van der Waals surface area contributed by atoms with Crippen molar-refractivity contribution >= 4 is 21.6 Å². The van der Waals surface area contributed by atoms with Crippen molar-refractivity contribution in [3.05, 3.63) is 72.3 Å². The number of amides is 1. The summed E-state index contributed by atoms with van der Waals surface area (Å²) in [5.74, 6) is 1.50. The minimum atomic E-state index is -4.16. The molecular weight excluding hydrogens is 508 g/mol. The number of ether oxygens (including phenoxy) is 4. The number of carbonyl (C=O) groups excluding carboxylic acids is 1. The van der Waals surface area contributed by atoms with E-state index in [0.29, 0.717) is 30.4 Å². The van der Waals surface area contributed by atoms with E-state index in [4.69, 9.17) is 18.9 Å². The zero-order valence-corrected chi connectivity index (χ0v) is 23.1. The monoisotopic (exact) mass is 542 g/mol. The molecule has 38 heavy (non-hydrogen) atoms. The van der Waals surface area contributed by atoms with Crippen LogP contribution in [0.2, 0.25) is 0 Å². The van der Waals surface area contributed by atoms with Gasteiger partial charge in [0.2, 0.25) is 5.91 Å². The molecule has 3 aromatic rings. The van der Waals surface area contributed by atoms with Crippen molar-refractivity contribution in [2.75, 3.05) is 38.3 Å². The van der Waals surface area contributed by atoms with E-state index in [1.807, 2.05) is 45.0 Å². The van der Waals surface area contributed by atoms with Gasteiger partial charge in [-0.1, -0.05) is 12.1 Å². The predicted octanol–water partition coefficient (Wildman–Crippen LogP) is 4.57. The minimum absolute atomic E-state index is 0.0450. The molecule has 0 spiro atoms. The van der Waals surface area contributed by atoms with Gasteiger partial charge in [0.15, 0.2) is 11.5 Å². The molecular formula is C28H34N2O7S. The van der Waals surface area contributed by atoms with Crippen LogP contribution in [0.3, 0.4) is 0 Å². The van der Waals surface area contributed by atoms with Gasteiger partial charge in [-0.15, -0.1) is 0 Å². The van der Waals surface area contributed by atoms with Gasteiger partial charge in [-0.05, 0) is 74.9 Å². The van der Waals surface area contributed by atoms with Gasteiger partial charge in [0.05, 0.1) is 44.1 Å². The van der Waals surface area contributed by atoms with Crippen molar-refractivity contribution in [1.29, 1.82) is 0 Å². The summed E-state index contributed by atoms with van der Waals surface area (Å²) in [7, 11) is -1.27. The average molecular weight is 543 g/mol. The molecule has 0 fully saturated rings. The lowest BCUT2D eigenvalue weighted by Crippen LogP contribution is -2.41. The van der Waals surface area contributed by atoms with Gasteiger partial charge in [-0.25, -0.2) is 8.42 Å². The second-order valence-corrected chi connectivity index (χ2v) is 10.1. The number of nitrogens with one attached hydrogen (secondary N) is 1. The Morgan fingerprint density at radius 3 is 1.92 bits per heavy atom. The number of anilines is 1. The van der Waals surface area contributed by atoms with Crippen molar-refractivity contribution in [2.24, 2.45) is 0 Å². The normalized spacial score (nSPS) is 11.8. The Hall–Kier alpha value is -3.92. The number of benzene rings is 3. The summed E-state index contributed by atoms with van der Waals surface area (Å²) >= 11 is 0. The molecule has 0 bridgehead atoms. The van der Waals surface area contributed by atoms with Gasteiger partial charge in [0, 0.05) is 6.07 Å². The summed E-state index contributed by atoms with van der Waals surface area (Å²) in [6.45, 7) is 6.19. The molecule has 0 aliphatic carbocycles. The van der Waals surface area contributed by atoms with Crippen molar-refractivity contribution in [2.45, 2.75) is 31.7 Å². The highest BCUT2D eigenvalue weighted by molar-refractivity contribution is 7.92. The second kappa shape index (κ2) is 13.0. The summed E-state index contributed by atoms with van der Waals surface area (Å²) in [5.41, 5.74) is 1.17. The number of nitrogens with zero attached hydrogens (tertiary/aromatic N) is 1. The molecule has 0 unspecified atom stereocenters. The first-order chi connectivity index (χ1) is 18.2. The maximum absolute atomic E-state index is 13.8. The summed E-state index contributed by atoms with van der Waals surface area (Å²) in [6.07, 6.45) is 0. The Morgan fingerprint density at radius 1 is 0.842 bits per heavy atom. The molecule has 3 rings (SSSR count). The van der Waals surface area contributed by atoms with Gasteiger partial charge in [-0.2, -0.15) is 0 Å². The Kier molecular flexibility index (Phi) is 9.84. The van der Waals surface area contributed by atoms with Crippen LogP contribution in [0, 0.1) is 0 Å². The van der Waals surface area contributed by atoms with Crippen LogP contribution >= 0.6 is 0 Å².